The van der Waals surface area contributed by atoms with Gasteiger partial charge in [-0.25, -0.2) is 0 Å². The maximum atomic E-state index is 7.35. The number of rotatable bonds is 0. The van der Waals surface area contributed by atoms with E-state index in [4.69, 9.17) is 10.8 Å². The third kappa shape index (κ3) is 1.87. The third-order valence-corrected chi connectivity index (χ3v) is 1.65. The van der Waals surface area contributed by atoms with Crippen molar-refractivity contribution in [1.29, 1.82) is 10.8 Å². The standard InChI is InChI=1S/C9H12N2/c1-9(2)5-3-7(10)8(11)4-6-9/h3-6,10-11H,1-2H3. The molecule has 0 saturated carbocycles. The van der Waals surface area contributed by atoms with Gasteiger partial charge in [-0.2, -0.15) is 0 Å². The van der Waals surface area contributed by atoms with Gasteiger partial charge in [0, 0.05) is 5.41 Å². The summed E-state index contributed by atoms with van der Waals surface area (Å²) in [6.07, 6.45) is 7.24. The molecule has 1 aliphatic rings. The van der Waals surface area contributed by atoms with Gasteiger partial charge in [0.2, 0.25) is 0 Å². The number of hydrogen-bond acceptors (Lipinski definition) is 2. The lowest BCUT2D eigenvalue weighted by molar-refractivity contribution is 0.628. The summed E-state index contributed by atoms with van der Waals surface area (Å²) in [5.74, 6) is 0. The Labute approximate surface area is 66.6 Å². The zero-order valence-corrected chi connectivity index (χ0v) is 6.81. The van der Waals surface area contributed by atoms with Gasteiger partial charge in [0.15, 0.2) is 0 Å². The van der Waals surface area contributed by atoms with Crippen LogP contribution >= 0.6 is 0 Å². The van der Waals surface area contributed by atoms with E-state index in [0.717, 1.165) is 0 Å². The van der Waals surface area contributed by atoms with Gasteiger partial charge in [0.1, 0.15) is 0 Å². The maximum Gasteiger partial charge on any atom is 0.0786 e. The first kappa shape index (κ1) is 7.92. The average molecular weight is 148 g/mol. The predicted molar refractivity (Wildman–Crippen MR) is 47.5 cm³/mol. The first-order valence-electron chi connectivity index (χ1n) is 3.57. The molecule has 0 radical (unpaired) electrons. The Morgan fingerprint density at radius 3 is 1.73 bits per heavy atom. The molecular formula is C9H12N2. The zero-order chi connectivity index (χ0) is 8.48. The molecule has 0 bridgehead atoms. The molecule has 1 aliphatic carbocycles. The molecule has 11 heavy (non-hydrogen) atoms. The molecular weight excluding hydrogens is 136 g/mol. The van der Waals surface area contributed by atoms with E-state index in [0.29, 0.717) is 0 Å². The number of nitrogens with one attached hydrogen (secondary N) is 2. The highest BCUT2D eigenvalue weighted by molar-refractivity contribution is 6.48. The van der Waals surface area contributed by atoms with Crippen LogP contribution in [0.3, 0.4) is 0 Å². The summed E-state index contributed by atoms with van der Waals surface area (Å²) >= 11 is 0. The smallest absolute Gasteiger partial charge is 0.0786 e. The summed E-state index contributed by atoms with van der Waals surface area (Å²) in [7, 11) is 0. The van der Waals surface area contributed by atoms with Crippen molar-refractivity contribution in [2.75, 3.05) is 0 Å². The fraction of sp³-hybridized carbons (Fsp3) is 0.333. The van der Waals surface area contributed by atoms with Crippen LogP contribution in [0.2, 0.25) is 0 Å². The highest BCUT2D eigenvalue weighted by Gasteiger charge is 2.13. The molecule has 2 N–H and O–H groups in total. The van der Waals surface area contributed by atoms with E-state index >= 15 is 0 Å². The van der Waals surface area contributed by atoms with Crippen LogP contribution in [-0.2, 0) is 0 Å². The maximum absolute atomic E-state index is 7.35. The Hall–Kier alpha value is -1.18. The molecule has 2 nitrogen and oxygen atoms in total. The molecule has 0 unspecified atom stereocenters. The summed E-state index contributed by atoms with van der Waals surface area (Å²) < 4.78 is 0. The van der Waals surface area contributed by atoms with Gasteiger partial charge >= 0.3 is 0 Å². The second kappa shape index (κ2) is 2.46. The van der Waals surface area contributed by atoms with Crippen molar-refractivity contribution in [3.8, 4) is 0 Å². The summed E-state index contributed by atoms with van der Waals surface area (Å²) in [5.41, 5.74) is 0.549. The molecule has 0 spiro atoms. The van der Waals surface area contributed by atoms with Crippen LogP contribution in [-0.4, -0.2) is 11.4 Å². The van der Waals surface area contributed by atoms with Gasteiger partial charge in [-0.05, 0) is 12.2 Å². The topological polar surface area (TPSA) is 47.7 Å². The number of hydrogen-bond donors (Lipinski definition) is 2. The van der Waals surface area contributed by atoms with Gasteiger partial charge in [0.25, 0.3) is 0 Å². The molecule has 2 heteroatoms. The molecule has 0 aromatic carbocycles. The molecule has 58 valence electrons. The third-order valence-electron chi connectivity index (χ3n) is 1.65. The van der Waals surface area contributed by atoms with Crippen molar-refractivity contribution >= 4 is 11.4 Å². The van der Waals surface area contributed by atoms with Crippen molar-refractivity contribution in [1.82, 2.24) is 0 Å². The van der Waals surface area contributed by atoms with Gasteiger partial charge < -0.3 is 0 Å². The van der Waals surface area contributed by atoms with Crippen LogP contribution in [0.25, 0.3) is 0 Å². The minimum absolute atomic E-state index is 0.0188. The fourth-order valence-electron chi connectivity index (χ4n) is 0.831. The van der Waals surface area contributed by atoms with Crippen molar-refractivity contribution in [3.05, 3.63) is 24.3 Å². The first-order valence-corrected chi connectivity index (χ1v) is 3.57. The van der Waals surface area contributed by atoms with E-state index in [1.807, 2.05) is 26.0 Å². The van der Waals surface area contributed by atoms with Gasteiger partial charge in [0.05, 0.1) is 11.4 Å². The Morgan fingerprint density at radius 2 is 1.36 bits per heavy atom. The predicted octanol–water partition coefficient (Wildman–Crippen LogP) is 2.18. The summed E-state index contributed by atoms with van der Waals surface area (Å²) in [4.78, 5) is 0. The quantitative estimate of drug-likeness (QED) is 0.529. The van der Waals surface area contributed by atoms with E-state index in [-0.39, 0.29) is 16.8 Å². The summed E-state index contributed by atoms with van der Waals surface area (Å²) in [6.45, 7) is 4.10. The Bertz CT molecular complexity index is 231. The van der Waals surface area contributed by atoms with Crippen LogP contribution in [0.1, 0.15) is 13.8 Å². The van der Waals surface area contributed by atoms with Crippen molar-refractivity contribution in [2.24, 2.45) is 5.41 Å². The van der Waals surface area contributed by atoms with Gasteiger partial charge in [-0.15, -0.1) is 0 Å². The van der Waals surface area contributed by atoms with Crippen LogP contribution in [0.5, 0.6) is 0 Å². The Morgan fingerprint density at radius 1 is 1.00 bits per heavy atom. The SMILES string of the molecule is CC1(C)C=CC(=N)C(=N)C=C1. The molecule has 0 aliphatic heterocycles. The first-order chi connectivity index (χ1) is 5.01. The van der Waals surface area contributed by atoms with E-state index < -0.39 is 0 Å². The van der Waals surface area contributed by atoms with E-state index in [1.54, 1.807) is 12.2 Å². The molecule has 0 heterocycles. The highest BCUT2D eigenvalue weighted by atomic mass is 14.5. The minimum atomic E-state index is -0.0188. The zero-order valence-electron chi connectivity index (χ0n) is 6.81. The Balaban J connectivity index is 3.02. The van der Waals surface area contributed by atoms with Crippen molar-refractivity contribution in [3.63, 3.8) is 0 Å². The van der Waals surface area contributed by atoms with E-state index in [1.165, 1.54) is 0 Å². The lowest BCUT2D eigenvalue weighted by Crippen LogP contribution is -2.03. The molecule has 0 atom stereocenters. The molecule has 1 rings (SSSR count). The van der Waals surface area contributed by atoms with Crippen molar-refractivity contribution in [2.45, 2.75) is 13.8 Å². The lowest BCUT2D eigenvalue weighted by atomic mass is 9.93. The highest BCUT2D eigenvalue weighted by Crippen LogP contribution is 2.20. The lowest BCUT2D eigenvalue weighted by Gasteiger charge is -2.11. The van der Waals surface area contributed by atoms with Crippen LogP contribution in [0.15, 0.2) is 24.3 Å². The molecule has 0 aromatic rings. The average Bonchev–Trinajstić information content (AvgIpc) is 2.03. The molecule has 0 fully saturated rings. The minimum Gasteiger partial charge on any atom is -0.299 e. The van der Waals surface area contributed by atoms with Gasteiger partial charge in [-0.3, -0.25) is 10.8 Å². The summed E-state index contributed by atoms with van der Waals surface area (Å²) in [5, 5.41) is 14.7. The van der Waals surface area contributed by atoms with Crippen LogP contribution in [0, 0.1) is 16.2 Å². The number of allylic oxidation sites excluding steroid dienone is 4. The van der Waals surface area contributed by atoms with E-state index in [9.17, 15) is 0 Å². The largest absolute Gasteiger partial charge is 0.299 e. The normalized spacial score (nSPS) is 22.0. The Kier molecular flexibility index (Phi) is 1.77. The summed E-state index contributed by atoms with van der Waals surface area (Å²) in [6, 6.07) is 0. The van der Waals surface area contributed by atoms with Gasteiger partial charge in [-0.1, -0.05) is 26.0 Å². The molecule has 0 amide bonds. The van der Waals surface area contributed by atoms with Crippen molar-refractivity contribution < 1.29 is 0 Å². The molecule has 0 saturated heterocycles. The second-order valence-corrected chi connectivity index (χ2v) is 3.32. The van der Waals surface area contributed by atoms with E-state index in [2.05, 4.69) is 0 Å². The second-order valence-electron chi connectivity index (χ2n) is 3.32. The van der Waals surface area contributed by atoms with Crippen LogP contribution in [0.4, 0.5) is 0 Å². The monoisotopic (exact) mass is 148 g/mol. The van der Waals surface area contributed by atoms with Crippen LogP contribution < -0.4 is 0 Å². The fourth-order valence-corrected chi connectivity index (χ4v) is 0.831. The molecule has 0 aromatic heterocycles.